The quantitative estimate of drug-likeness (QED) is 0.250. The maximum absolute atomic E-state index is 13.7. The Morgan fingerprint density at radius 2 is 1.66 bits per heavy atom. The molecule has 5 aromatic rings. The lowest BCUT2D eigenvalue weighted by Gasteiger charge is -2.34. The number of nitrogens with zero attached hydrogens (tertiary/aromatic N) is 5. The highest BCUT2D eigenvalue weighted by atomic mass is 35.5. The number of nitrogens with one attached hydrogen (secondary N) is 1. The molecule has 0 atom stereocenters. The smallest absolute Gasteiger partial charge is 0.260 e. The van der Waals surface area contributed by atoms with Gasteiger partial charge >= 0.3 is 0 Å². The number of halogens is 1. The fourth-order valence-electron chi connectivity index (χ4n) is 5.39. The van der Waals surface area contributed by atoms with Crippen molar-refractivity contribution in [3.05, 3.63) is 99.9 Å². The zero-order chi connectivity index (χ0) is 28.5. The second-order valence-electron chi connectivity index (χ2n) is 10.6. The molecule has 0 radical (unpaired) electrons. The van der Waals surface area contributed by atoms with Crippen LogP contribution in [0.2, 0.25) is 5.02 Å². The van der Waals surface area contributed by atoms with Crippen LogP contribution in [0.25, 0.3) is 33.3 Å². The van der Waals surface area contributed by atoms with Crippen molar-refractivity contribution in [1.82, 2.24) is 19.4 Å². The van der Waals surface area contributed by atoms with E-state index in [4.69, 9.17) is 16.6 Å². The van der Waals surface area contributed by atoms with Crippen molar-refractivity contribution in [3.63, 3.8) is 0 Å². The van der Waals surface area contributed by atoms with Gasteiger partial charge in [0, 0.05) is 71.8 Å². The van der Waals surface area contributed by atoms with Crippen molar-refractivity contribution in [2.45, 2.75) is 20.4 Å². The van der Waals surface area contributed by atoms with E-state index in [1.807, 2.05) is 49.4 Å². The molecular formula is C33H33ClN6O. The summed E-state index contributed by atoms with van der Waals surface area (Å²) in [4.78, 5) is 27.7. The van der Waals surface area contributed by atoms with Crippen LogP contribution >= 0.6 is 11.6 Å². The molecule has 1 aliphatic heterocycles. The summed E-state index contributed by atoms with van der Waals surface area (Å²) in [6.07, 6.45) is 1.76. The van der Waals surface area contributed by atoms with Gasteiger partial charge in [-0.05, 0) is 68.4 Å². The largest absolute Gasteiger partial charge is 0.369 e. The first-order valence-electron chi connectivity index (χ1n) is 14.0. The van der Waals surface area contributed by atoms with Crippen molar-refractivity contribution in [1.29, 1.82) is 0 Å². The molecule has 41 heavy (non-hydrogen) atoms. The minimum Gasteiger partial charge on any atom is -0.369 e. The molecule has 1 fully saturated rings. The van der Waals surface area contributed by atoms with Gasteiger partial charge in [0.05, 0.1) is 0 Å². The zero-order valence-corrected chi connectivity index (χ0v) is 24.3. The number of fused-ring (bicyclic) bond motifs is 1. The zero-order valence-electron chi connectivity index (χ0n) is 23.6. The van der Waals surface area contributed by atoms with Crippen LogP contribution in [0.5, 0.6) is 0 Å². The van der Waals surface area contributed by atoms with E-state index in [9.17, 15) is 4.79 Å². The number of rotatable bonds is 6. The van der Waals surface area contributed by atoms with Crippen LogP contribution in [0.4, 0.5) is 17.3 Å². The van der Waals surface area contributed by atoms with Crippen molar-refractivity contribution in [2.24, 2.45) is 0 Å². The number of hydrogen-bond acceptors (Lipinski definition) is 6. The number of anilines is 3. The molecule has 0 amide bonds. The molecule has 0 spiro atoms. The van der Waals surface area contributed by atoms with Gasteiger partial charge in [-0.3, -0.25) is 9.36 Å². The predicted octanol–water partition coefficient (Wildman–Crippen LogP) is 6.60. The average Bonchev–Trinajstić information content (AvgIpc) is 2.98. The molecule has 1 N–H and O–H groups in total. The lowest BCUT2D eigenvalue weighted by Crippen LogP contribution is -2.44. The van der Waals surface area contributed by atoms with E-state index in [1.54, 1.807) is 10.8 Å². The SMILES string of the molecule is CCn1c(=O)c(-c2ccc(-c3cccc(C)c3)cc2Cl)cc2cnc(Nc3ccc(N4CCN(C)CC4)cc3)nc21. The van der Waals surface area contributed by atoms with Gasteiger partial charge in [-0.1, -0.05) is 53.6 Å². The van der Waals surface area contributed by atoms with E-state index >= 15 is 0 Å². The summed E-state index contributed by atoms with van der Waals surface area (Å²) in [5.41, 5.74) is 7.06. The summed E-state index contributed by atoms with van der Waals surface area (Å²) in [6, 6.07) is 24.3. The first-order valence-corrected chi connectivity index (χ1v) is 14.4. The Morgan fingerprint density at radius 3 is 2.37 bits per heavy atom. The van der Waals surface area contributed by atoms with Crippen LogP contribution in [0.1, 0.15) is 12.5 Å². The monoisotopic (exact) mass is 564 g/mol. The van der Waals surface area contributed by atoms with Crippen LogP contribution < -0.4 is 15.8 Å². The molecular weight excluding hydrogens is 532 g/mol. The van der Waals surface area contributed by atoms with Gasteiger partial charge in [-0.2, -0.15) is 4.98 Å². The highest BCUT2D eigenvalue weighted by molar-refractivity contribution is 6.33. The third-order valence-corrected chi connectivity index (χ3v) is 8.06. The molecule has 1 aliphatic rings. The second-order valence-corrected chi connectivity index (χ2v) is 11.0. The maximum atomic E-state index is 13.7. The topological polar surface area (TPSA) is 66.3 Å². The lowest BCUT2D eigenvalue weighted by molar-refractivity contribution is 0.313. The minimum absolute atomic E-state index is 0.133. The summed E-state index contributed by atoms with van der Waals surface area (Å²) >= 11 is 6.76. The van der Waals surface area contributed by atoms with Crippen molar-refractivity contribution < 1.29 is 0 Å². The summed E-state index contributed by atoms with van der Waals surface area (Å²) in [5.74, 6) is 0.444. The number of hydrogen-bond donors (Lipinski definition) is 1. The maximum Gasteiger partial charge on any atom is 0.260 e. The molecule has 0 aliphatic carbocycles. The molecule has 0 bridgehead atoms. The number of likely N-dealkylation sites (N-methyl/N-ethyl adjacent to an activating group) is 1. The minimum atomic E-state index is -0.133. The van der Waals surface area contributed by atoms with Gasteiger partial charge in [0.2, 0.25) is 5.95 Å². The Labute approximate surface area is 245 Å². The van der Waals surface area contributed by atoms with E-state index in [0.29, 0.717) is 34.3 Å². The average molecular weight is 565 g/mol. The Bertz CT molecular complexity index is 1770. The molecule has 1 saturated heterocycles. The first kappa shape index (κ1) is 27.0. The fourth-order valence-corrected chi connectivity index (χ4v) is 5.67. The summed E-state index contributed by atoms with van der Waals surface area (Å²) in [5, 5.41) is 4.60. The Hall–Kier alpha value is -4.20. The molecule has 0 saturated carbocycles. The normalized spacial score (nSPS) is 14.0. The molecule has 7 nitrogen and oxygen atoms in total. The highest BCUT2D eigenvalue weighted by Gasteiger charge is 2.17. The van der Waals surface area contributed by atoms with Gasteiger partial charge in [-0.25, -0.2) is 4.98 Å². The van der Waals surface area contributed by atoms with E-state index in [2.05, 4.69) is 64.4 Å². The van der Waals surface area contributed by atoms with Gasteiger partial charge in [0.15, 0.2) is 0 Å². The number of aromatic nitrogens is 3. The van der Waals surface area contributed by atoms with Crippen molar-refractivity contribution >= 4 is 40.0 Å². The van der Waals surface area contributed by atoms with Crippen LogP contribution in [0.3, 0.4) is 0 Å². The van der Waals surface area contributed by atoms with Crippen LogP contribution in [-0.4, -0.2) is 52.7 Å². The van der Waals surface area contributed by atoms with E-state index in [1.165, 1.54) is 11.3 Å². The number of aryl methyl sites for hydroxylation is 2. The van der Waals surface area contributed by atoms with Crippen LogP contribution in [0, 0.1) is 6.92 Å². The molecule has 8 heteroatoms. The van der Waals surface area contributed by atoms with Gasteiger partial charge in [0.25, 0.3) is 5.56 Å². The standard InChI is InChI=1S/C33H33ClN6O/c1-4-40-31-25(19-29(32(40)41)28-13-8-24(20-30(28)34)23-7-5-6-22(2)18-23)21-35-33(37-31)36-26-9-11-27(12-10-26)39-16-14-38(3)15-17-39/h5-13,18-21H,4,14-17H2,1-3H3,(H,35,36,37). The van der Waals surface area contributed by atoms with Crippen LogP contribution in [-0.2, 0) is 6.54 Å². The number of piperazine rings is 1. The Morgan fingerprint density at radius 1 is 0.902 bits per heavy atom. The van der Waals surface area contributed by atoms with E-state index in [0.717, 1.165) is 48.4 Å². The summed E-state index contributed by atoms with van der Waals surface area (Å²) in [6.45, 7) is 8.66. The lowest BCUT2D eigenvalue weighted by atomic mass is 9.99. The molecule has 3 aromatic carbocycles. The number of benzene rings is 3. The predicted molar refractivity (Wildman–Crippen MR) is 170 cm³/mol. The summed E-state index contributed by atoms with van der Waals surface area (Å²) in [7, 11) is 2.16. The van der Waals surface area contributed by atoms with Gasteiger partial charge in [0.1, 0.15) is 5.65 Å². The summed E-state index contributed by atoms with van der Waals surface area (Å²) < 4.78 is 1.68. The Balaban J connectivity index is 1.28. The first-order chi connectivity index (χ1) is 19.9. The Kier molecular flexibility index (Phi) is 7.47. The number of pyridine rings is 1. The molecule has 208 valence electrons. The fraction of sp³-hybridized carbons (Fsp3) is 0.242. The van der Waals surface area contributed by atoms with E-state index < -0.39 is 0 Å². The molecule has 3 heterocycles. The molecule has 0 unspecified atom stereocenters. The highest BCUT2D eigenvalue weighted by Crippen LogP contribution is 2.32. The van der Waals surface area contributed by atoms with Gasteiger partial charge < -0.3 is 15.1 Å². The van der Waals surface area contributed by atoms with Crippen molar-refractivity contribution in [2.75, 3.05) is 43.4 Å². The third kappa shape index (κ3) is 5.56. The van der Waals surface area contributed by atoms with Gasteiger partial charge in [-0.15, -0.1) is 0 Å². The van der Waals surface area contributed by atoms with Crippen LogP contribution in [0.15, 0.2) is 83.8 Å². The second kappa shape index (κ2) is 11.4. The molecule has 2 aromatic heterocycles. The van der Waals surface area contributed by atoms with E-state index in [-0.39, 0.29) is 5.56 Å². The third-order valence-electron chi connectivity index (χ3n) is 7.75. The molecule has 6 rings (SSSR count). The van der Waals surface area contributed by atoms with Crippen molar-refractivity contribution in [3.8, 4) is 22.3 Å².